The van der Waals surface area contributed by atoms with Crippen LogP contribution in [0.25, 0.3) is 10.9 Å². The number of aromatic nitrogens is 1. The summed E-state index contributed by atoms with van der Waals surface area (Å²) in [6.45, 7) is 3.36. The quantitative estimate of drug-likeness (QED) is 0.887. The van der Waals surface area contributed by atoms with Crippen molar-refractivity contribution in [2.24, 2.45) is 0 Å². The Morgan fingerprint density at radius 2 is 2.33 bits per heavy atom. The molecule has 1 aromatic carbocycles. The van der Waals surface area contributed by atoms with E-state index in [1.807, 2.05) is 0 Å². The van der Waals surface area contributed by atoms with E-state index >= 15 is 0 Å². The largest absolute Gasteiger partial charge is 0.358 e. The van der Waals surface area contributed by atoms with Gasteiger partial charge < -0.3 is 10.3 Å². The summed E-state index contributed by atoms with van der Waals surface area (Å²) in [5.74, 6) is 0. The normalized spacial score (nSPS) is 19.1. The first kappa shape index (κ1) is 12.2. The molecule has 2 N–H and O–H groups in total. The Morgan fingerprint density at radius 3 is 3.17 bits per heavy atom. The van der Waals surface area contributed by atoms with Gasteiger partial charge in [0.15, 0.2) is 0 Å². The molecule has 1 unspecified atom stereocenters. The number of rotatable bonds is 3. The first-order chi connectivity index (χ1) is 8.78. The molecule has 96 valence electrons. The molecule has 1 heterocycles. The Balaban J connectivity index is 1.93. The Labute approximate surface area is 116 Å². The van der Waals surface area contributed by atoms with Crippen molar-refractivity contribution in [3.63, 3.8) is 0 Å². The molecule has 1 atom stereocenters. The summed E-state index contributed by atoms with van der Waals surface area (Å²) in [5, 5.41) is 5.05. The summed E-state index contributed by atoms with van der Waals surface area (Å²) in [5.41, 5.74) is 4.24. The molecule has 3 rings (SSSR count). The van der Waals surface area contributed by atoms with Gasteiger partial charge in [0, 0.05) is 27.1 Å². The van der Waals surface area contributed by atoms with Gasteiger partial charge in [0.1, 0.15) is 0 Å². The molecule has 0 radical (unpaired) electrons. The zero-order valence-corrected chi connectivity index (χ0v) is 12.3. The maximum Gasteiger partial charge on any atom is 0.0459 e. The predicted molar refractivity (Wildman–Crippen MR) is 80.1 cm³/mol. The van der Waals surface area contributed by atoms with Crippen molar-refractivity contribution in [1.29, 1.82) is 0 Å². The highest BCUT2D eigenvalue weighted by Crippen LogP contribution is 2.31. The summed E-state index contributed by atoms with van der Waals surface area (Å²) in [6.07, 6.45) is 4.79. The maximum absolute atomic E-state index is 3.66. The molecule has 0 saturated carbocycles. The van der Waals surface area contributed by atoms with Crippen molar-refractivity contribution in [1.82, 2.24) is 10.3 Å². The van der Waals surface area contributed by atoms with E-state index in [-0.39, 0.29) is 0 Å². The highest BCUT2D eigenvalue weighted by atomic mass is 79.9. The molecular formula is C15H19BrN2. The topological polar surface area (TPSA) is 27.8 Å². The van der Waals surface area contributed by atoms with Crippen molar-refractivity contribution in [3.05, 3.63) is 33.9 Å². The second-order valence-corrected chi connectivity index (χ2v) is 6.08. The summed E-state index contributed by atoms with van der Waals surface area (Å²) in [6, 6.07) is 7.17. The lowest BCUT2D eigenvalue weighted by atomic mass is 9.91. The first-order valence-corrected chi connectivity index (χ1v) is 7.59. The summed E-state index contributed by atoms with van der Waals surface area (Å²) in [4.78, 5) is 3.57. The molecule has 3 heteroatoms. The van der Waals surface area contributed by atoms with Crippen molar-refractivity contribution >= 4 is 26.8 Å². The molecule has 1 aromatic heterocycles. The number of hydrogen-bond donors (Lipinski definition) is 2. The van der Waals surface area contributed by atoms with Crippen molar-refractivity contribution in [2.75, 3.05) is 6.54 Å². The third kappa shape index (κ3) is 2.21. The third-order valence-electron chi connectivity index (χ3n) is 3.83. The minimum absolute atomic E-state index is 0.649. The fraction of sp³-hybridized carbons (Fsp3) is 0.467. The summed E-state index contributed by atoms with van der Waals surface area (Å²) in [7, 11) is 0. The molecule has 0 fully saturated rings. The number of benzene rings is 1. The number of hydrogen-bond acceptors (Lipinski definition) is 1. The highest BCUT2D eigenvalue weighted by molar-refractivity contribution is 9.10. The lowest BCUT2D eigenvalue weighted by Crippen LogP contribution is -2.34. The molecular weight excluding hydrogens is 288 g/mol. The molecule has 0 amide bonds. The van der Waals surface area contributed by atoms with Crippen LogP contribution >= 0.6 is 15.9 Å². The van der Waals surface area contributed by atoms with Gasteiger partial charge in [-0.3, -0.25) is 0 Å². The average molecular weight is 307 g/mol. The molecule has 18 heavy (non-hydrogen) atoms. The van der Waals surface area contributed by atoms with Gasteiger partial charge in [-0.25, -0.2) is 0 Å². The van der Waals surface area contributed by atoms with Gasteiger partial charge in [-0.2, -0.15) is 0 Å². The molecule has 0 spiro atoms. The molecule has 1 aliphatic carbocycles. The lowest BCUT2D eigenvalue weighted by molar-refractivity contribution is 0.458. The van der Waals surface area contributed by atoms with Crippen LogP contribution in [0.2, 0.25) is 0 Å². The van der Waals surface area contributed by atoms with E-state index in [1.54, 1.807) is 0 Å². The molecule has 1 aliphatic rings. The van der Waals surface area contributed by atoms with E-state index in [0.717, 1.165) is 13.0 Å². The van der Waals surface area contributed by atoms with Crippen molar-refractivity contribution in [2.45, 2.75) is 38.6 Å². The molecule has 2 nitrogen and oxygen atoms in total. The van der Waals surface area contributed by atoms with Gasteiger partial charge in [-0.05, 0) is 56.0 Å². The number of aromatic amines is 1. The second-order valence-electron chi connectivity index (χ2n) is 5.17. The van der Waals surface area contributed by atoms with Crippen molar-refractivity contribution < 1.29 is 0 Å². The fourth-order valence-corrected chi connectivity index (χ4v) is 3.27. The monoisotopic (exact) mass is 306 g/mol. The zero-order valence-electron chi connectivity index (χ0n) is 10.7. The summed E-state index contributed by atoms with van der Waals surface area (Å²) < 4.78 is 1.17. The van der Waals surface area contributed by atoms with Crippen LogP contribution in [0.5, 0.6) is 0 Å². The van der Waals surface area contributed by atoms with Crippen LogP contribution < -0.4 is 5.32 Å². The van der Waals surface area contributed by atoms with Crippen LogP contribution in [0.4, 0.5) is 0 Å². The van der Waals surface area contributed by atoms with E-state index in [4.69, 9.17) is 0 Å². The van der Waals surface area contributed by atoms with Crippen LogP contribution in [0, 0.1) is 0 Å². The fourth-order valence-electron chi connectivity index (χ4n) is 2.91. The van der Waals surface area contributed by atoms with Gasteiger partial charge in [-0.15, -0.1) is 0 Å². The Kier molecular flexibility index (Phi) is 3.44. The van der Waals surface area contributed by atoms with E-state index in [9.17, 15) is 0 Å². The lowest BCUT2D eigenvalue weighted by Gasteiger charge is -2.23. The van der Waals surface area contributed by atoms with Gasteiger partial charge in [0.25, 0.3) is 0 Å². The minimum atomic E-state index is 0.649. The van der Waals surface area contributed by atoms with Crippen LogP contribution in [-0.4, -0.2) is 17.6 Å². The van der Waals surface area contributed by atoms with Crippen LogP contribution in [0.15, 0.2) is 22.7 Å². The maximum atomic E-state index is 3.66. The zero-order chi connectivity index (χ0) is 12.5. The standard InChI is InChI=1S/C15H19BrN2/c1-2-7-17-11-4-6-15-13(9-11)12-8-10(16)3-5-14(12)18-15/h3,5,8,11,17-18H,2,4,6-7,9H2,1H3. The Bertz CT molecular complexity index is 559. The minimum Gasteiger partial charge on any atom is -0.358 e. The number of aryl methyl sites for hydroxylation is 1. The van der Waals surface area contributed by atoms with Gasteiger partial charge in [-0.1, -0.05) is 22.9 Å². The number of H-pyrrole nitrogens is 1. The molecule has 0 aliphatic heterocycles. The van der Waals surface area contributed by atoms with Crippen LogP contribution in [0.3, 0.4) is 0 Å². The third-order valence-corrected chi connectivity index (χ3v) is 4.33. The number of halogens is 1. The smallest absolute Gasteiger partial charge is 0.0459 e. The predicted octanol–water partition coefficient (Wildman–Crippen LogP) is 3.79. The number of nitrogens with one attached hydrogen (secondary N) is 2. The van der Waals surface area contributed by atoms with Gasteiger partial charge in [0.05, 0.1) is 0 Å². The molecule has 0 bridgehead atoms. The first-order valence-electron chi connectivity index (χ1n) is 6.80. The SMILES string of the molecule is CCCNC1CCc2[nH]c3ccc(Br)cc3c2C1. The van der Waals surface area contributed by atoms with E-state index < -0.39 is 0 Å². The Hall–Kier alpha value is -0.800. The molecule has 2 aromatic rings. The van der Waals surface area contributed by atoms with Crippen molar-refractivity contribution in [3.8, 4) is 0 Å². The number of fused-ring (bicyclic) bond motifs is 3. The highest BCUT2D eigenvalue weighted by Gasteiger charge is 2.21. The Morgan fingerprint density at radius 1 is 1.44 bits per heavy atom. The van der Waals surface area contributed by atoms with Gasteiger partial charge >= 0.3 is 0 Å². The average Bonchev–Trinajstić information content (AvgIpc) is 2.74. The van der Waals surface area contributed by atoms with E-state index in [2.05, 4.69) is 51.4 Å². The van der Waals surface area contributed by atoms with Crippen LogP contribution in [-0.2, 0) is 12.8 Å². The van der Waals surface area contributed by atoms with Crippen LogP contribution in [0.1, 0.15) is 31.0 Å². The second kappa shape index (κ2) is 5.06. The summed E-state index contributed by atoms with van der Waals surface area (Å²) >= 11 is 3.57. The van der Waals surface area contributed by atoms with Gasteiger partial charge in [0.2, 0.25) is 0 Å². The van der Waals surface area contributed by atoms with E-state index in [1.165, 1.54) is 45.9 Å². The molecule has 0 saturated heterocycles. The van der Waals surface area contributed by atoms with E-state index in [0.29, 0.717) is 6.04 Å².